The molecular weight excluding hydrogens is 419 g/mol. The van der Waals surface area contributed by atoms with Gasteiger partial charge < -0.3 is 9.64 Å². The molecular formula is C27H25FN2O3. The largest absolute Gasteiger partial charge is 0.491 e. The summed E-state index contributed by atoms with van der Waals surface area (Å²) < 4.78 is 19.6. The van der Waals surface area contributed by atoms with Gasteiger partial charge in [-0.2, -0.15) is 0 Å². The van der Waals surface area contributed by atoms with Gasteiger partial charge in [-0.15, -0.1) is 0 Å². The van der Waals surface area contributed by atoms with Crippen LogP contribution in [0.3, 0.4) is 0 Å². The molecule has 0 bridgehead atoms. The van der Waals surface area contributed by atoms with Crippen molar-refractivity contribution in [1.29, 1.82) is 0 Å². The Morgan fingerprint density at radius 1 is 0.909 bits per heavy atom. The van der Waals surface area contributed by atoms with Crippen molar-refractivity contribution in [2.45, 2.75) is 26.5 Å². The SMILES string of the molecule is CC(C)Oc1ccc(C2=C(N(C)Cc3ccccc3)C(=O)N(c3cccc(F)c3)C2=O)cc1. The standard InChI is InChI=1S/C27H25FN2O3/c1-18(2)33-23-14-12-20(13-15-23)24-25(29(3)17-19-8-5-4-6-9-19)27(32)30(26(24)31)22-11-7-10-21(28)16-22/h4-16,18H,17H2,1-3H3. The Morgan fingerprint density at radius 3 is 2.24 bits per heavy atom. The van der Waals surface area contributed by atoms with Crippen LogP contribution in [0.1, 0.15) is 25.0 Å². The number of carbonyl (C=O) groups excluding carboxylic acids is 2. The molecule has 1 aliphatic rings. The summed E-state index contributed by atoms with van der Waals surface area (Å²) >= 11 is 0. The van der Waals surface area contributed by atoms with Gasteiger partial charge in [-0.05, 0) is 55.3 Å². The number of benzene rings is 3. The monoisotopic (exact) mass is 444 g/mol. The number of nitrogens with zero attached hydrogens (tertiary/aromatic N) is 2. The van der Waals surface area contributed by atoms with E-state index in [-0.39, 0.29) is 23.1 Å². The summed E-state index contributed by atoms with van der Waals surface area (Å²) in [6, 6.07) is 22.3. The van der Waals surface area contributed by atoms with Gasteiger partial charge in [-0.3, -0.25) is 9.59 Å². The average Bonchev–Trinajstić information content (AvgIpc) is 3.04. The maximum atomic E-state index is 13.9. The summed E-state index contributed by atoms with van der Waals surface area (Å²) in [4.78, 5) is 29.8. The molecule has 0 radical (unpaired) electrons. The molecule has 33 heavy (non-hydrogen) atoms. The van der Waals surface area contributed by atoms with E-state index in [4.69, 9.17) is 4.74 Å². The van der Waals surface area contributed by atoms with E-state index in [2.05, 4.69) is 0 Å². The number of halogens is 1. The third-order valence-electron chi connectivity index (χ3n) is 5.28. The molecule has 0 fully saturated rings. The average molecular weight is 445 g/mol. The smallest absolute Gasteiger partial charge is 0.282 e. The third kappa shape index (κ3) is 4.65. The first-order chi connectivity index (χ1) is 15.8. The van der Waals surface area contributed by atoms with E-state index in [1.54, 1.807) is 42.3 Å². The number of rotatable bonds is 7. The van der Waals surface area contributed by atoms with Gasteiger partial charge in [0.1, 0.15) is 17.3 Å². The number of carbonyl (C=O) groups is 2. The molecule has 0 unspecified atom stereocenters. The fourth-order valence-corrected chi connectivity index (χ4v) is 3.89. The Morgan fingerprint density at radius 2 is 1.61 bits per heavy atom. The first-order valence-corrected chi connectivity index (χ1v) is 10.8. The molecule has 0 spiro atoms. The van der Waals surface area contributed by atoms with Gasteiger partial charge >= 0.3 is 0 Å². The van der Waals surface area contributed by atoms with Gasteiger partial charge in [0.25, 0.3) is 11.8 Å². The van der Waals surface area contributed by atoms with Crippen LogP contribution in [-0.4, -0.2) is 29.9 Å². The summed E-state index contributed by atoms with van der Waals surface area (Å²) in [7, 11) is 1.78. The van der Waals surface area contributed by atoms with E-state index in [9.17, 15) is 14.0 Å². The van der Waals surface area contributed by atoms with E-state index in [1.165, 1.54) is 18.2 Å². The molecule has 2 amide bonds. The lowest BCUT2D eigenvalue weighted by Gasteiger charge is -2.21. The van der Waals surface area contributed by atoms with Gasteiger partial charge in [0, 0.05) is 13.6 Å². The molecule has 4 rings (SSSR count). The molecule has 5 nitrogen and oxygen atoms in total. The number of hydrogen-bond donors (Lipinski definition) is 0. The van der Waals surface area contributed by atoms with Gasteiger partial charge in [0.15, 0.2) is 0 Å². The zero-order chi connectivity index (χ0) is 23.5. The summed E-state index contributed by atoms with van der Waals surface area (Å²) in [6.07, 6.45) is 0.0146. The van der Waals surface area contributed by atoms with Crippen LogP contribution in [0.15, 0.2) is 84.6 Å². The van der Waals surface area contributed by atoms with E-state index < -0.39 is 17.6 Å². The molecule has 0 atom stereocenters. The van der Waals surface area contributed by atoms with Crippen LogP contribution in [0, 0.1) is 5.82 Å². The molecule has 0 aliphatic carbocycles. The molecule has 3 aromatic carbocycles. The van der Waals surface area contributed by atoms with Crippen molar-refractivity contribution in [3.05, 3.63) is 102 Å². The third-order valence-corrected chi connectivity index (χ3v) is 5.28. The van der Waals surface area contributed by atoms with Crippen molar-refractivity contribution in [3.63, 3.8) is 0 Å². The lowest BCUT2D eigenvalue weighted by atomic mass is 10.0. The number of anilines is 1. The van der Waals surface area contributed by atoms with Gasteiger partial charge in [-0.25, -0.2) is 9.29 Å². The first-order valence-electron chi connectivity index (χ1n) is 10.8. The second-order valence-corrected chi connectivity index (χ2v) is 8.18. The molecule has 1 aliphatic heterocycles. The van der Waals surface area contributed by atoms with Crippen LogP contribution in [-0.2, 0) is 16.1 Å². The van der Waals surface area contributed by atoms with Crippen LogP contribution >= 0.6 is 0 Å². The first kappa shape index (κ1) is 22.3. The molecule has 0 N–H and O–H groups in total. The van der Waals surface area contributed by atoms with Crippen molar-refractivity contribution in [1.82, 2.24) is 4.90 Å². The number of ether oxygens (including phenoxy) is 1. The Balaban J connectivity index is 1.77. The predicted octanol–water partition coefficient (Wildman–Crippen LogP) is 5.03. The van der Waals surface area contributed by atoms with Crippen molar-refractivity contribution in [2.24, 2.45) is 0 Å². The molecule has 0 aromatic heterocycles. The topological polar surface area (TPSA) is 49.9 Å². The molecule has 0 saturated heterocycles. The summed E-state index contributed by atoms with van der Waals surface area (Å²) in [5.74, 6) is -0.817. The second kappa shape index (κ2) is 9.28. The minimum absolute atomic E-state index is 0.0146. The fraction of sp³-hybridized carbons (Fsp3) is 0.185. The van der Waals surface area contributed by atoms with Crippen LogP contribution in [0.4, 0.5) is 10.1 Å². The van der Waals surface area contributed by atoms with E-state index in [0.717, 1.165) is 10.5 Å². The molecule has 3 aromatic rings. The quantitative estimate of drug-likeness (QED) is 0.480. The zero-order valence-electron chi connectivity index (χ0n) is 18.8. The zero-order valence-corrected chi connectivity index (χ0v) is 18.8. The van der Waals surface area contributed by atoms with Gasteiger partial charge in [-0.1, -0.05) is 48.5 Å². The van der Waals surface area contributed by atoms with E-state index in [0.29, 0.717) is 17.9 Å². The lowest BCUT2D eigenvalue weighted by Crippen LogP contribution is -2.34. The Kier molecular flexibility index (Phi) is 6.27. The highest BCUT2D eigenvalue weighted by atomic mass is 19.1. The highest BCUT2D eigenvalue weighted by Crippen LogP contribution is 2.35. The number of imide groups is 1. The Labute approximate surface area is 192 Å². The molecule has 168 valence electrons. The van der Waals surface area contributed by atoms with Gasteiger partial charge in [0.05, 0.1) is 17.4 Å². The normalized spacial score (nSPS) is 13.8. The van der Waals surface area contributed by atoms with Crippen LogP contribution in [0.25, 0.3) is 5.57 Å². The molecule has 0 saturated carbocycles. The summed E-state index contributed by atoms with van der Waals surface area (Å²) in [5, 5.41) is 0. The minimum Gasteiger partial charge on any atom is -0.491 e. The fourth-order valence-electron chi connectivity index (χ4n) is 3.89. The Bertz CT molecular complexity index is 1200. The van der Waals surface area contributed by atoms with Crippen molar-refractivity contribution in [2.75, 3.05) is 11.9 Å². The van der Waals surface area contributed by atoms with Crippen molar-refractivity contribution >= 4 is 23.1 Å². The van der Waals surface area contributed by atoms with E-state index >= 15 is 0 Å². The lowest BCUT2D eigenvalue weighted by molar-refractivity contribution is -0.120. The number of likely N-dealkylation sites (N-methyl/N-ethyl adjacent to an activating group) is 1. The minimum atomic E-state index is -0.518. The summed E-state index contributed by atoms with van der Waals surface area (Å²) in [5.41, 5.74) is 2.34. The Hall–Kier alpha value is -3.93. The maximum absolute atomic E-state index is 13.9. The predicted molar refractivity (Wildman–Crippen MR) is 126 cm³/mol. The summed E-state index contributed by atoms with van der Waals surface area (Å²) in [6.45, 7) is 4.30. The van der Waals surface area contributed by atoms with Crippen LogP contribution in [0.5, 0.6) is 5.75 Å². The van der Waals surface area contributed by atoms with Crippen LogP contribution < -0.4 is 9.64 Å². The second-order valence-electron chi connectivity index (χ2n) is 8.18. The van der Waals surface area contributed by atoms with Crippen LogP contribution in [0.2, 0.25) is 0 Å². The highest BCUT2D eigenvalue weighted by Gasteiger charge is 2.41. The number of hydrogen-bond acceptors (Lipinski definition) is 4. The van der Waals surface area contributed by atoms with E-state index in [1.807, 2.05) is 44.2 Å². The molecule has 6 heteroatoms. The van der Waals surface area contributed by atoms with Gasteiger partial charge in [0.2, 0.25) is 0 Å². The molecule has 1 heterocycles. The maximum Gasteiger partial charge on any atom is 0.282 e. The van der Waals surface area contributed by atoms with Crippen molar-refractivity contribution < 1.29 is 18.7 Å². The highest BCUT2D eigenvalue weighted by molar-refractivity contribution is 6.45. The number of amides is 2. The van der Waals surface area contributed by atoms with Crippen molar-refractivity contribution in [3.8, 4) is 5.75 Å².